The van der Waals surface area contributed by atoms with E-state index in [1.807, 2.05) is 65.6 Å². The summed E-state index contributed by atoms with van der Waals surface area (Å²) in [5, 5.41) is 4.81. The summed E-state index contributed by atoms with van der Waals surface area (Å²) >= 11 is 0.837. The minimum atomic E-state index is -0.449. The van der Waals surface area contributed by atoms with Crippen molar-refractivity contribution in [1.29, 1.82) is 0 Å². The van der Waals surface area contributed by atoms with Crippen LogP contribution in [0.3, 0.4) is 0 Å². The van der Waals surface area contributed by atoms with Crippen molar-refractivity contribution in [3.05, 3.63) is 77.3 Å². The summed E-state index contributed by atoms with van der Waals surface area (Å²) in [6, 6.07) is 20.3. The zero-order valence-corrected chi connectivity index (χ0v) is 21.1. The summed E-state index contributed by atoms with van der Waals surface area (Å²) in [5.74, 6) is 1.56. The van der Waals surface area contributed by atoms with Gasteiger partial charge in [0.15, 0.2) is 0 Å². The summed E-state index contributed by atoms with van der Waals surface area (Å²) in [5.41, 5.74) is 1.24. The van der Waals surface area contributed by atoms with Crippen molar-refractivity contribution < 1.29 is 19.1 Å². The first-order chi connectivity index (χ1) is 18.5. The summed E-state index contributed by atoms with van der Waals surface area (Å²) < 4.78 is 5.99. The molecule has 3 aliphatic heterocycles. The highest BCUT2D eigenvalue weighted by Gasteiger charge is 2.42. The Bertz CT molecular complexity index is 1400. The van der Waals surface area contributed by atoms with E-state index >= 15 is 0 Å². The van der Waals surface area contributed by atoms with Gasteiger partial charge in [-0.2, -0.15) is 4.98 Å². The van der Waals surface area contributed by atoms with Crippen LogP contribution < -0.4 is 20.3 Å². The maximum Gasteiger partial charge on any atom is 0.321 e. The quantitative estimate of drug-likeness (QED) is 0.474. The highest BCUT2D eigenvalue weighted by molar-refractivity contribution is 8.18. The van der Waals surface area contributed by atoms with Crippen LogP contribution in [0.1, 0.15) is 5.69 Å². The van der Waals surface area contributed by atoms with Crippen molar-refractivity contribution >= 4 is 46.7 Å². The standard InChI is InChI=1S/C27H24N6O4S/c34-24-22(38-27(36)31-24)11-20-12-23(37-21-9-5-2-6-10-21)30-25(28-20)32-13-17-15-33(16-18(17)14-32)26(35)29-19-7-3-1-4-8-19/h1-12,17-18H,13-16H2,(H,29,35)(H,31,34,36). The molecule has 2 atom stereocenters. The van der Waals surface area contributed by atoms with E-state index in [0.717, 1.165) is 17.4 Å². The van der Waals surface area contributed by atoms with E-state index in [-0.39, 0.29) is 22.8 Å². The van der Waals surface area contributed by atoms with Gasteiger partial charge in [0, 0.05) is 49.8 Å². The summed E-state index contributed by atoms with van der Waals surface area (Å²) in [7, 11) is 0. The molecule has 2 N–H and O–H groups in total. The van der Waals surface area contributed by atoms with Crippen LogP contribution in [0.4, 0.5) is 21.2 Å². The number of ether oxygens (including phenoxy) is 1. The fourth-order valence-corrected chi connectivity index (χ4v) is 5.58. The van der Waals surface area contributed by atoms with Gasteiger partial charge in [0.05, 0.1) is 10.6 Å². The van der Waals surface area contributed by atoms with Gasteiger partial charge in [0.2, 0.25) is 11.8 Å². The lowest BCUT2D eigenvalue weighted by molar-refractivity contribution is -0.115. The molecule has 11 heteroatoms. The van der Waals surface area contributed by atoms with E-state index in [2.05, 4.69) is 25.5 Å². The van der Waals surface area contributed by atoms with E-state index < -0.39 is 11.1 Å². The van der Waals surface area contributed by atoms with Gasteiger partial charge >= 0.3 is 6.03 Å². The number of thioether (sulfide) groups is 1. The lowest BCUT2D eigenvalue weighted by atomic mass is 10.0. The van der Waals surface area contributed by atoms with Gasteiger partial charge in [-0.3, -0.25) is 14.9 Å². The second kappa shape index (κ2) is 10.2. The summed E-state index contributed by atoms with van der Waals surface area (Å²) in [6.45, 7) is 2.68. The molecule has 3 aliphatic rings. The van der Waals surface area contributed by atoms with Crippen molar-refractivity contribution in [3.8, 4) is 11.6 Å². The molecule has 3 saturated heterocycles. The van der Waals surface area contributed by atoms with E-state index in [1.165, 1.54) is 0 Å². The minimum Gasteiger partial charge on any atom is -0.439 e. The van der Waals surface area contributed by atoms with Gasteiger partial charge in [0.1, 0.15) is 5.75 Å². The normalized spacial score (nSPS) is 21.5. The molecule has 0 bridgehead atoms. The maximum atomic E-state index is 12.8. The molecule has 10 nitrogen and oxygen atoms in total. The van der Waals surface area contributed by atoms with Crippen molar-refractivity contribution in [3.63, 3.8) is 0 Å². The Morgan fingerprint density at radius 3 is 2.32 bits per heavy atom. The number of aromatic nitrogens is 2. The van der Waals surface area contributed by atoms with Crippen LogP contribution in [0, 0.1) is 11.8 Å². The Morgan fingerprint density at radius 2 is 1.66 bits per heavy atom. The molecule has 1 aromatic heterocycles. The third kappa shape index (κ3) is 5.18. The summed E-state index contributed by atoms with van der Waals surface area (Å²) in [6.07, 6.45) is 1.57. The number of hydrogen-bond acceptors (Lipinski definition) is 8. The molecular weight excluding hydrogens is 504 g/mol. The number of amides is 4. The Kier molecular flexibility index (Phi) is 6.42. The topological polar surface area (TPSA) is 117 Å². The summed E-state index contributed by atoms with van der Waals surface area (Å²) in [4.78, 5) is 50.0. The van der Waals surface area contributed by atoms with Crippen LogP contribution in [-0.4, -0.2) is 58.2 Å². The monoisotopic (exact) mass is 528 g/mol. The maximum absolute atomic E-state index is 12.8. The van der Waals surface area contributed by atoms with Crippen LogP contribution in [0.25, 0.3) is 6.08 Å². The van der Waals surface area contributed by atoms with Crippen LogP contribution in [0.15, 0.2) is 71.6 Å². The third-order valence-corrected chi connectivity index (χ3v) is 7.49. The van der Waals surface area contributed by atoms with E-state index in [1.54, 1.807) is 12.1 Å². The number of nitrogens with one attached hydrogen (secondary N) is 2. The van der Waals surface area contributed by atoms with Crippen LogP contribution >= 0.6 is 11.8 Å². The molecule has 0 radical (unpaired) electrons. The Balaban J connectivity index is 1.20. The average molecular weight is 529 g/mol. The average Bonchev–Trinajstić information content (AvgIpc) is 3.58. The largest absolute Gasteiger partial charge is 0.439 e. The first kappa shape index (κ1) is 24.0. The van der Waals surface area contributed by atoms with Crippen LogP contribution in [-0.2, 0) is 4.79 Å². The highest BCUT2D eigenvalue weighted by Crippen LogP contribution is 2.35. The molecule has 0 aliphatic carbocycles. The van der Waals surface area contributed by atoms with Crippen LogP contribution in [0.5, 0.6) is 11.6 Å². The van der Waals surface area contributed by atoms with Gasteiger partial charge in [-0.15, -0.1) is 0 Å². The van der Waals surface area contributed by atoms with Crippen molar-refractivity contribution in [2.24, 2.45) is 11.8 Å². The highest BCUT2D eigenvalue weighted by atomic mass is 32.2. The van der Waals surface area contributed by atoms with Crippen molar-refractivity contribution in [1.82, 2.24) is 20.2 Å². The fourth-order valence-electron chi connectivity index (χ4n) is 4.91. The second-order valence-corrected chi connectivity index (χ2v) is 10.3. The molecule has 3 fully saturated rings. The van der Waals surface area contributed by atoms with Crippen LogP contribution in [0.2, 0.25) is 0 Å². The van der Waals surface area contributed by atoms with Crippen molar-refractivity contribution in [2.45, 2.75) is 0 Å². The molecule has 6 rings (SSSR count). The number of benzene rings is 2. The van der Waals surface area contributed by atoms with Crippen molar-refractivity contribution in [2.75, 3.05) is 36.4 Å². The lowest BCUT2D eigenvalue weighted by Crippen LogP contribution is -2.36. The molecule has 4 amide bonds. The number of imide groups is 1. The number of hydrogen-bond donors (Lipinski definition) is 2. The third-order valence-electron chi connectivity index (χ3n) is 6.68. The first-order valence-corrected chi connectivity index (χ1v) is 13.0. The number of fused-ring (bicyclic) bond motifs is 1. The zero-order valence-electron chi connectivity index (χ0n) is 20.2. The Morgan fingerprint density at radius 1 is 0.974 bits per heavy atom. The number of rotatable bonds is 5. The van der Waals surface area contributed by atoms with Gasteiger partial charge in [-0.25, -0.2) is 9.78 Å². The Hall–Kier alpha value is -4.38. The minimum absolute atomic E-state index is 0.0949. The smallest absolute Gasteiger partial charge is 0.321 e. The van der Waals surface area contributed by atoms with E-state index in [0.29, 0.717) is 49.5 Å². The molecule has 38 heavy (non-hydrogen) atoms. The number of nitrogens with zero attached hydrogens (tertiary/aromatic N) is 4. The number of urea groups is 1. The van der Waals surface area contributed by atoms with Gasteiger partial charge < -0.3 is 19.9 Å². The molecule has 2 aromatic carbocycles. The zero-order chi connectivity index (χ0) is 26.1. The molecule has 192 valence electrons. The van der Waals surface area contributed by atoms with Gasteiger partial charge in [-0.05, 0) is 42.1 Å². The number of anilines is 2. The first-order valence-electron chi connectivity index (χ1n) is 12.2. The number of para-hydroxylation sites is 2. The fraction of sp³-hybridized carbons (Fsp3) is 0.222. The molecule has 0 saturated carbocycles. The number of likely N-dealkylation sites (tertiary alicyclic amines) is 1. The molecule has 0 spiro atoms. The lowest BCUT2D eigenvalue weighted by Gasteiger charge is -2.22. The SMILES string of the molecule is O=C1NC(=O)C(=Cc2cc(Oc3ccccc3)nc(N3CC4CN(C(=O)Nc5ccccc5)CC4C3)n2)S1. The molecular formula is C27H24N6O4S. The van der Waals surface area contributed by atoms with Gasteiger partial charge in [-0.1, -0.05) is 36.4 Å². The van der Waals surface area contributed by atoms with Gasteiger partial charge in [0.25, 0.3) is 11.1 Å². The molecule has 2 unspecified atom stereocenters. The molecule has 4 heterocycles. The number of carbonyl (C=O) groups is 3. The van der Waals surface area contributed by atoms with E-state index in [9.17, 15) is 14.4 Å². The molecule has 3 aromatic rings. The Labute approximate surface area is 223 Å². The predicted molar refractivity (Wildman–Crippen MR) is 144 cm³/mol. The second-order valence-electron chi connectivity index (χ2n) is 9.32. The number of carbonyl (C=O) groups excluding carboxylic acids is 3. The van der Waals surface area contributed by atoms with E-state index in [4.69, 9.17) is 4.74 Å². The predicted octanol–water partition coefficient (Wildman–Crippen LogP) is 4.19.